The van der Waals surface area contributed by atoms with Crippen molar-refractivity contribution < 1.29 is 0 Å². The zero-order chi connectivity index (χ0) is 8.27. The summed E-state index contributed by atoms with van der Waals surface area (Å²) in [6.45, 7) is 8.18. The fourth-order valence-electron chi connectivity index (χ4n) is 1.60. The molecule has 1 nitrogen and oxygen atoms in total. The zero-order valence-electron chi connectivity index (χ0n) is 7.52. The highest BCUT2D eigenvalue weighted by molar-refractivity contribution is 6.20. The van der Waals surface area contributed by atoms with Gasteiger partial charge in [-0.15, -0.1) is 11.6 Å². The summed E-state index contributed by atoms with van der Waals surface area (Å²) in [4.78, 5) is 2.52. The first-order valence-electron chi connectivity index (χ1n) is 4.55. The van der Waals surface area contributed by atoms with Gasteiger partial charge in [-0.2, -0.15) is 0 Å². The molecule has 1 fully saturated rings. The van der Waals surface area contributed by atoms with Gasteiger partial charge < -0.3 is 4.90 Å². The molecule has 0 N–H and O–H groups in total. The maximum absolute atomic E-state index is 5.99. The number of rotatable bonds is 2. The van der Waals surface area contributed by atoms with Crippen LogP contribution in [-0.4, -0.2) is 29.9 Å². The largest absolute Gasteiger partial charge is 0.303 e. The van der Waals surface area contributed by atoms with Crippen molar-refractivity contribution in [3.63, 3.8) is 0 Å². The molecule has 0 unspecified atom stereocenters. The summed E-state index contributed by atoms with van der Waals surface area (Å²) in [6.07, 6.45) is 2.35. The van der Waals surface area contributed by atoms with Gasteiger partial charge in [-0.25, -0.2) is 0 Å². The van der Waals surface area contributed by atoms with E-state index < -0.39 is 0 Å². The van der Waals surface area contributed by atoms with Crippen molar-refractivity contribution in [2.24, 2.45) is 5.92 Å². The second kappa shape index (κ2) is 4.32. The highest BCUT2D eigenvalue weighted by Gasteiger charge is 2.16. The molecule has 2 heteroatoms. The Balaban J connectivity index is 2.17. The van der Waals surface area contributed by atoms with Gasteiger partial charge in [-0.3, -0.25) is 0 Å². The number of likely N-dealkylation sites (tertiary alicyclic amines) is 1. The molecule has 0 spiro atoms. The van der Waals surface area contributed by atoms with E-state index in [1.807, 2.05) is 0 Å². The van der Waals surface area contributed by atoms with Crippen molar-refractivity contribution >= 4 is 11.6 Å². The van der Waals surface area contributed by atoms with Crippen molar-refractivity contribution in [2.45, 2.75) is 32.1 Å². The van der Waals surface area contributed by atoms with Crippen molar-refractivity contribution in [1.29, 1.82) is 0 Å². The van der Waals surface area contributed by atoms with Crippen LogP contribution < -0.4 is 0 Å². The Morgan fingerprint density at radius 1 is 1.36 bits per heavy atom. The molecule has 0 atom stereocenters. The molecular formula is C9H18ClN. The molecule has 66 valence electrons. The van der Waals surface area contributed by atoms with Crippen LogP contribution in [0.1, 0.15) is 26.7 Å². The topological polar surface area (TPSA) is 3.24 Å². The third-order valence-corrected chi connectivity index (χ3v) is 2.58. The van der Waals surface area contributed by atoms with E-state index in [0.717, 1.165) is 5.92 Å². The average Bonchev–Trinajstić information content (AvgIpc) is 1.93. The van der Waals surface area contributed by atoms with E-state index in [1.165, 1.54) is 32.5 Å². The second-order valence-corrected chi connectivity index (χ2v) is 4.49. The van der Waals surface area contributed by atoms with E-state index in [2.05, 4.69) is 18.7 Å². The Bertz CT molecular complexity index is 106. The van der Waals surface area contributed by atoms with Gasteiger partial charge >= 0.3 is 0 Å². The Morgan fingerprint density at radius 2 is 1.91 bits per heavy atom. The molecule has 0 bridgehead atoms. The summed E-state index contributed by atoms with van der Waals surface area (Å²) in [5.74, 6) is 0.793. The highest BCUT2D eigenvalue weighted by Crippen LogP contribution is 2.16. The Hall–Kier alpha value is 0.250. The quantitative estimate of drug-likeness (QED) is 0.583. The van der Waals surface area contributed by atoms with Gasteiger partial charge in [0.05, 0.1) is 0 Å². The molecule has 1 aliphatic rings. The van der Waals surface area contributed by atoms with Gasteiger partial charge in [0, 0.05) is 11.9 Å². The van der Waals surface area contributed by atoms with Crippen LogP contribution in [0.15, 0.2) is 0 Å². The summed E-state index contributed by atoms with van der Waals surface area (Å²) in [5, 5.41) is 0.443. The predicted octanol–water partition coefficient (Wildman–Crippen LogP) is 2.35. The van der Waals surface area contributed by atoms with E-state index in [-0.39, 0.29) is 0 Å². The number of alkyl halides is 1. The Morgan fingerprint density at radius 3 is 2.36 bits per heavy atom. The third-order valence-electron chi connectivity index (χ3n) is 2.14. The summed E-state index contributed by atoms with van der Waals surface area (Å²) in [7, 11) is 0. The first kappa shape index (κ1) is 9.34. The van der Waals surface area contributed by atoms with Gasteiger partial charge in [0.15, 0.2) is 0 Å². The van der Waals surface area contributed by atoms with Crippen molar-refractivity contribution in [3.05, 3.63) is 0 Å². The van der Waals surface area contributed by atoms with Crippen LogP contribution in [0, 0.1) is 5.92 Å². The van der Waals surface area contributed by atoms with E-state index >= 15 is 0 Å². The van der Waals surface area contributed by atoms with Gasteiger partial charge in [-0.05, 0) is 31.8 Å². The number of hydrogen-bond acceptors (Lipinski definition) is 1. The van der Waals surface area contributed by atoms with Crippen LogP contribution in [0.4, 0.5) is 0 Å². The highest BCUT2D eigenvalue weighted by atomic mass is 35.5. The van der Waals surface area contributed by atoms with Crippen molar-refractivity contribution in [1.82, 2.24) is 4.90 Å². The van der Waals surface area contributed by atoms with Crippen LogP contribution >= 0.6 is 11.6 Å². The van der Waals surface area contributed by atoms with Crippen LogP contribution in [0.2, 0.25) is 0 Å². The first-order chi connectivity index (χ1) is 5.18. The number of nitrogens with zero attached hydrogens (tertiary/aromatic N) is 1. The molecule has 1 heterocycles. The second-order valence-electron chi connectivity index (χ2n) is 3.87. The van der Waals surface area contributed by atoms with E-state index in [9.17, 15) is 0 Å². The minimum absolute atomic E-state index is 0.443. The number of piperidine rings is 1. The smallest absolute Gasteiger partial charge is 0.0360 e. The van der Waals surface area contributed by atoms with E-state index in [0.29, 0.717) is 5.38 Å². The lowest BCUT2D eigenvalue weighted by atomic mass is 10.1. The average molecular weight is 176 g/mol. The minimum atomic E-state index is 0.443. The van der Waals surface area contributed by atoms with Gasteiger partial charge in [-0.1, -0.05) is 13.8 Å². The van der Waals surface area contributed by atoms with Crippen molar-refractivity contribution in [3.8, 4) is 0 Å². The Kier molecular flexibility index (Phi) is 3.67. The van der Waals surface area contributed by atoms with Crippen molar-refractivity contribution in [2.75, 3.05) is 19.6 Å². The zero-order valence-corrected chi connectivity index (χ0v) is 8.27. The maximum Gasteiger partial charge on any atom is 0.0360 e. The third kappa shape index (κ3) is 3.44. The molecule has 1 aliphatic heterocycles. The molecular weight excluding hydrogens is 158 g/mol. The van der Waals surface area contributed by atoms with Gasteiger partial charge in [0.1, 0.15) is 0 Å². The fraction of sp³-hybridized carbons (Fsp3) is 1.00. The van der Waals surface area contributed by atoms with Gasteiger partial charge in [0.25, 0.3) is 0 Å². The van der Waals surface area contributed by atoms with Gasteiger partial charge in [0.2, 0.25) is 0 Å². The standard InChI is InChI=1S/C9H18ClN/c1-8(2)7-11-5-3-9(10)4-6-11/h8-9H,3-7H2,1-2H3. The first-order valence-corrected chi connectivity index (χ1v) is 4.98. The minimum Gasteiger partial charge on any atom is -0.303 e. The molecule has 11 heavy (non-hydrogen) atoms. The molecule has 1 rings (SSSR count). The lowest BCUT2D eigenvalue weighted by molar-refractivity contribution is 0.208. The molecule has 0 radical (unpaired) electrons. The molecule has 1 saturated heterocycles. The Labute approximate surface area is 74.7 Å². The molecule has 0 aromatic heterocycles. The predicted molar refractivity (Wildman–Crippen MR) is 50.2 cm³/mol. The molecule has 0 saturated carbocycles. The van der Waals surface area contributed by atoms with E-state index in [1.54, 1.807) is 0 Å². The molecule has 0 amide bonds. The van der Waals surface area contributed by atoms with Crippen LogP contribution in [0.3, 0.4) is 0 Å². The van der Waals surface area contributed by atoms with E-state index in [4.69, 9.17) is 11.6 Å². The molecule has 0 aromatic carbocycles. The molecule has 0 aromatic rings. The number of halogens is 1. The van der Waals surface area contributed by atoms with Crippen LogP contribution in [0.5, 0.6) is 0 Å². The SMILES string of the molecule is CC(C)CN1CCC(Cl)CC1. The summed E-state index contributed by atoms with van der Waals surface area (Å²) >= 11 is 5.99. The lowest BCUT2D eigenvalue weighted by Crippen LogP contribution is -2.36. The maximum atomic E-state index is 5.99. The number of hydrogen-bond donors (Lipinski definition) is 0. The van der Waals surface area contributed by atoms with Crippen LogP contribution in [0.25, 0.3) is 0 Å². The molecule has 0 aliphatic carbocycles. The summed E-state index contributed by atoms with van der Waals surface area (Å²) in [5.41, 5.74) is 0. The summed E-state index contributed by atoms with van der Waals surface area (Å²) < 4.78 is 0. The summed E-state index contributed by atoms with van der Waals surface area (Å²) in [6, 6.07) is 0. The van der Waals surface area contributed by atoms with Crippen LogP contribution in [-0.2, 0) is 0 Å². The lowest BCUT2D eigenvalue weighted by Gasteiger charge is -2.30. The fourth-order valence-corrected chi connectivity index (χ4v) is 1.80. The normalized spacial score (nSPS) is 22.9. The monoisotopic (exact) mass is 175 g/mol.